The molecule has 0 fully saturated rings. The van der Waals surface area contributed by atoms with Crippen LogP contribution in [0.4, 0.5) is 5.95 Å². The fraction of sp³-hybridized carbons (Fsp3) is 0.333. The minimum Gasteiger partial charge on any atom is -0.496 e. The third-order valence-corrected chi connectivity index (χ3v) is 3.79. The van der Waals surface area contributed by atoms with E-state index in [1.165, 1.54) is 0 Å². The molecule has 0 aliphatic rings. The summed E-state index contributed by atoms with van der Waals surface area (Å²) in [5.41, 5.74) is 0.878. The Morgan fingerprint density at radius 2 is 1.59 bits per heavy atom. The van der Waals surface area contributed by atoms with Crippen molar-refractivity contribution in [2.24, 2.45) is 0 Å². The van der Waals surface area contributed by atoms with Crippen LogP contribution in [0.5, 0.6) is 17.2 Å². The summed E-state index contributed by atoms with van der Waals surface area (Å²) in [4.78, 5) is 9.54. The first kappa shape index (κ1) is 16.2. The third kappa shape index (κ3) is 3.73. The number of hydrogen-bond acceptors (Lipinski definition) is 7. The van der Waals surface area contributed by atoms with Gasteiger partial charge in [-0.1, -0.05) is 0 Å². The standard InChI is InChI=1S/C15H19N3O3S/c1-19-10-5-13(20-2)12(14(6-10)21-3)9-18-15-16-7-11(22-4)8-17-15/h5-8H,9H2,1-4H3,(H,16,17,18). The first-order valence-electron chi connectivity index (χ1n) is 6.60. The van der Waals surface area contributed by atoms with Gasteiger partial charge in [-0.05, 0) is 6.26 Å². The highest BCUT2D eigenvalue weighted by Crippen LogP contribution is 2.34. The van der Waals surface area contributed by atoms with Crippen LogP contribution in [0.15, 0.2) is 29.4 Å². The first-order chi connectivity index (χ1) is 10.7. The van der Waals surface area contributed by atoms with E-state index in [0.29, 0.717) is 29.7 Å². The van der Waals surface area contributed by atoms with E-state index in [1.807, 2.05) is 18.4 Å². The van der Waals surface area contributed by atoms with Crippen LogP contribution in [0.3, 0.4) is 0 Å². The predicted molar refractivity (Wildman–Crippen MR) is 87.2 cm³/mol. The Morgan fingerprint density at radius 3 is 2.05 bits per heavy atom. The second-order valence-electron chi connectivity index (χ2n) is 4.31. The van der Waals surface area contributed by atoms with Crippen LogP contribution in [-0.4, -0.2) is 37.6 Å². The van der Waals surface area contributed by atoms with E-state index in [-0.39, 0.29) is 0 Å². The zero-order valence-electron chi connectivity index (χ0n) is 13.0. The van der Waals surface area contributed by atoms with Gasteiger partial charge in [0, 0.05) is 29.4 Å². The Kier molecular flexibility index (Phi) is 5.71. The van der Waals surface area contributed by atoms with E-state index in [0.717, 1.165) is 10.5 Å². The Labute approximate surface area is 134 Å². The minimum atomic E-state index is 0.481. The van der Waals surface area contributed by atoms with E-state index in [4.69, 9.17) is 14.2 Å². The average molecular weight is 321 g/mol. The fourth-order valence-electron chi connectivity index (χ4n) is 1.93. The fourth-order valence-corrected chi connectivity index (χ4v) is 2.25. The van der Waals surface area contributed by atoms with E-state index < -0.39 is 0 Å². The van der Waals surface area contributed by atoms with Crippen LogP contribution in [0.1, 0.15) is 5.56 Å². The molecule has 2 rings (SSSR count). The zero-order chi connectivity index (χ0) is 15.9. The molecule has 0 saturated carbocycles. The van der Waals surface area contributed by atoms with Gasteiger partial charge >= 0.3 is 0 Å². The number of methoxy groups -OCH3 is 3. The van der Waals surface area contributed by atoms with Gasteiger partial charge in [-0.15, -0.1) is 11.8 Å². The van der Waals surface area contributed by atoms with Crippen LogP contribution >= 0.6 is 11.8 Å². The normalized spacial score (nSPS) is 10.2. The zero-order valence-corrected chi connectivity index (χ0v) is 13.9. The molecule has 22 heavy (non-hydrogen) atoms. The maximum Gasteiger partial charge on any atom is 0.222 e. The van der Waals surface area contributed by atoms with Crippen molar-refractivity contribution in [3.63, 3.8) is 0 Å². The van der Waals surface area contributed by atoms with Gasteiger partial charge < -0.3 is 19.5 Å². The van der Waals surface area contributed by atoms with E-state index >= 15 is 0 Å². The largest absolute Gasteiger partial charge is 0.496 e. The molecule has 6 nitrogen and oxygen atoms in total. The summed E-state index contributed by atoms with van der Waals surface area (Å²) in [5.74, 6) is 2.60. The quantitative estimate of drug-likeness (QED) is 0.787. The SMILES string of the molecule is COc1cc(OC)c(CNc2ncc(SC)cn2)c(OC)c1. The van der Waals surface area contributed by atoms with Crippen molar-refractivity contribution in [1.29, 1.82) is 0 Å². The number of nitrogens with one attached hydrogen (secondary N) is 1. The summed E-state index contributed by atoms with van der Waals surface area (Å²) in [6.45, 7) is 0.481. The molecule has 7 heteroatoms. The Balaban J connectivity index is 2.20. The molecule has 1 aromatic heterocycles. The number of nitrogens with zero attached hydrogens (tertiary/aromatic N) is 2. The molecule has 0 bridgehead atoms. The maximum absolute atomic E-state index is 5.41. The molecule has 0 atom stereocenters. The molecule has 118 valence electrons. The molecule has 0 saturated heterocycles. The topological polar surface area (TPSA) is 65.5 Å². The van der Waals surface area contributed by atoms with E-state index in [1.54, 1.807) is 45.5 Å². The summed E-state index contributed by atoms with van der Waals surface area (Å²) in [5, 5.41) is 3.17. The van der Waals surface area contributed by atoms with Crippen molar-refractivity contribution in [3.8, 4) is 17.2 Å². The van der Waals surface area contributed by atoms with Gasteiger partial charge in [-0.3, -0.25) is 0 Å². The number of benzene rings is 1. The molecule has 2 aromatic rings. The number of rotatable bonds is 7. The second-order valence-corrected chi connectivity index (χ2v) is 5.19. The summed E-state index contributed by atoms with van der Waals surface area (Å²) in [7, 11) is 4.83. The van der Waals surface area contributed by atoms with Crippen LogP contribution in [0.2, 0.25) is 0 Å². The molecule has 0 spiro atoms. The lowest BCUT2D eigenvalue weighted by atomic mass is 10.1. The Bertz CT molecular complexity index is 595. The highest BCUT2D eigenvalue weighted by Gasteiger charge is 2.13. The van der Waals surface area contributed by atoms with Crippen molar-refractivity contribution in [2.45, 2.75) is 11.4 Å². The summed E-state index contributed by atoms with van der Waals surface area (Å²) in [6, 6.07) is 3.63. The molecule has 1 aromatic carbocycles. The monoisotopic (exact) mass is 321 g/mol. The minimum absolute atomic E-state index is 0.481. The molecular formula is C15H19N3O3S. The lowest BCUT2D eigenvalue weighted by molar-refractivity contribution is 0.369. The third-order valence-electron chi connectivity index (χ3n) is 3.10. The second kappa shape index (κ2) is 7.74. The summed E-state index contributed by atoms with van der Waals surface area (Å²) in [6.07, 6.45) is 5.55. The van der Waals surface area contributed by atoms with Gasteiger partial charge in [-0.2, -0.15) is 0 Å². The highest BCUT2D eigenvalue weighted by atomic mass is 32.2. The number of anilines is 1. The van der Waals surface area contributed by atoms with Crippen molar-refractivity contribution < 1.29 is 14.2 Å². The van der Waals surface area contributed by atoms with Crippen LogP contribution < -0.4 is 19.5 Å². The smallest absolute Gasteiger partial charge is 0.222 e. The van der Waals surface area contributed by atoms with E-state index in [2.05, 4.69) is 15.3 Å². The number of aromatic nitrogens is 2. The van der Waals surface area contributed by atoms with E-state index in [9.17, 15) is 0 Å². The molecule has 0 aliphatic carbocycles. The van der Waals surface area contributed by atoms with Crippen molar-refractivity contribution in [3.05, 3.63) is 30.1 Å². The molecule has 0 aliphatic heterocycles. The van der Waals surface area contributed by atoms with Gasteiger partial charge in [0.15, 0.2) is 0 Å². The molecular weight excluding hydrogens is 302 g/mol. The van der Waals surface area contributed by atoms with Gasteiger partial charge in [-0.25, -0.2) is 9.97 Å². The number of thioether (sulfide) groups is 1. The maximum atomic E-state index is 5.41. The Morgan fingerprint density at radius 1 is 1.00 bits per heavy atom. The number of hydrogen-bond donors (Lipinski definition) is 1. The molecule has 0 radical (unpaired) electrons. The van der Waals surface area contributed by atoms with Crippen LogP contribution in [-0.2, 0) is 6.54 Å². The Hall–Kier alpha value is -2.15. The van der Waals surface area contributed by atoms with Gasteiger partial charge in [0.2, 0.25) is 5.95 Å². The summed E-state index contributed by atoms with van der Waals surface area (Å²) >= 11 is 1.60. The lowest BCUT2D eigenvalue weighted by Crippen LogP contribution is -2.07. The molecule has 0 amide bonds. The van der Waals surface area contributed by atoms with Crippen LogP contribution in [0.25, 0.3) is 0 Å². The van der Waals surface area contributed by atoms with Crippen molar-refractivity contribution in [1.82, 2.24) is 9.97 Å². The first-order valence-corrected chi connectivity index (χ1v) is 7.83. The molecule has 0 unspecified atom stereocenters. The van der Waals surface area contributed by atoms with Crippen molar-refractivity contribution in [2.75, 3.05) is 32.9 Å². The average Bonchev–Trinajstić information content (AvgIpc) is 2.59. The van der Waals surface area contributed by atoms with Gasteiger partial charge in [0.25, 0.3) is 0 Å². The van der Waals surface area contributed by atoms with Crippen LogP contribution in [0, 0.1) is 0 Å². The molecule has 1 heterocycles. The lowest BCUT2D eigenvalue weighted by Gasteiger charge is -2.15. The summed E-state index contributed by atoms with van der Waals surface area (Å²) < 4.78 is 16.1. The predicted octanol–water partition coefficient (Wildman–Crippen LogP) is 2.84. The number of ether oxygens (including phenoxy) is 3. The molecule has 1 N–H and O–H groups in total. The highest BCUT2D eigenvalue weighted by molar-refractivity contribution is 7.98. The van der Waals surface area contributed by atoms with Crippen molar-refractivity contribution >= 4 is 17.7 Å². The van der Waals surface area contributed by atoms with Gasteiger partial charge in [0.1, 0.15) is 17.2 Å². The van der Waals surface area contributed by atoms with Gasteiger partial charge in [0.05, 0.1) is 33.4 Å².